The number of nitrogens with zero attached hydrogens (tertiary/aromatic N) is 1. The molecule has 0 radical (unpaired) electrons. The van der Waals surface area contributed by atoms with Crippen molar-refractivity contribution in [3.63, 3.8) is 0 Å². The van der Waals surface area contributed by atoms with Crippen molar-refractivity contribution in [2.45, 2.75) is 45.8 Å². The van der Waals surface area contributed by atoms with Gasteiger partial charge >= 0.3 is 0 Å². The van der Waals surface area contributed by atoms with Crippen LogP contribution >= 0.6 is 0 Å². The first-order valence-corrected chi connectivity index (χ1v) is 6.62. The third-order valence-electron chi connectivity index (χ3n) is 2.71. The first-order chi connectivity index (χ1) is 6.27. The molecule has 0 amide bonds. The van der Waals surface area contributed by atoms with Gasteiger partial charge in [0.2, 0.25) is 0 Å². The average Bonchev–Trinajstić information content (AvgIpc) is 2.14. The minimum atomic E-state index is -3.00. The Morgan fingerprint density at radius 1 is 1.43 bits per heavy atom. The van der Waals surface area contributed by atoms with E-state index in [2.05, 4.69) is 6.07 Å². The van der Waals surface area contributed by atoms with Crippen molar-refractivity contribution in [1.82, 2.24) is 0 Å². The van der Waals surface area contributed by atoms with Crippen molar-refractivity contribution in [3.8, 4) is 6.07 Å². The third kappa shape index (κ3) is 3.67. The molecule has 0 heterocycles. The maximum absolute atomic E-state index is 11.5. The summed E-state index contributed by atoms with van der Waals surface area (Å²) in [5.74, 6) is 0.114. The first kappa shape index (κ1) is 13.4. The second-order valence-electron chi connectivity index (χ2n) is 4.19. The number of rotatable bonds is 5. The van der Waals surface area contributed by atoms with E-state index in [4.69, 9.17) is 5.26 Å². The molecule has 3 nitrogen and oxygen atoms in total. The summed E-state index contributed by atoms with van der Waals surface area (Å²) in [5.41, 5.74) is -0.498. The highest BCUT2D eigenvalue weighted by Crippen LogP contribution is 2.25. The van der Waals surface area contributed by atoms with E-state index in [1.54, 1.807) is 13.8 Å². The minimum Gasteiger partial charge on any atom is -0.229 e. The molecule has 14 heavy (non-hydrogen) atoms. The predicted molar refractivity (Wildman–Crippen MR) is 57.6 cm³/mol. The van der Waals surface area contributed by atoms with Crippen molar-refractivity contribution in [3.05, 3.63) is 0 Å². The molecule has 0 saturated heterocycles. The van der Waals surface area contributed by atoms with Crippen molar-refractivity contribution < 1.29 is 8.42 Å². The van der Waals surface area contributed by atoms with E-state index in [1.165, 1.54) is 0 Å². The molecule has 0 aromatic rings. The summed E-state index contributed by atoms with van der Waals surface area (Å²) in [5, 5.41) is 8.53. The molecule has 0 aliphatic heterocycles. The molecular weight excluding hydrogens is 198 g/mol. The lowest BCUT2D eigenvalue weighted by molar-refractivity contribution is 0.408. The lowest BCUT2D eigenvalue weighted by Crippen LogP contribution is -2.23. The van der Waals surface area contributed by atoms with Crippen LogP contribution in [0.25, 0.3) is 0 Å². The Morgan fingerprint density at radius 2 is 1.93 bits per heavy atom. The zero-order valence-electron chi connectivity index (χ0n) is 9.37. The molecule has 1 atom stereocenters. The predicted octanol–water partition coefficient (Wildman–Crippen LogP) is 2.14. The van der Waals surface area contributed by atoms with Crippen LogP contribution in [-0.2, 0) is 9.84 Å². The number of nitriles is 1. The second kappa shape index (κ2) is 4.79. The topological polar surface area (TPSA) is 57.9 Å². The van der Waals surface area contributed by atoms with Crippen LogP contribution in [0.3, 0.4) is 0 Å². The van der Waals surface area contributed by atoms with Crippen LogP contribution in [0.15, 0.2) is 0 Å². The number of hydrogen-bond donors (Lipinski definition) is 0. The van der Waals surface area contributed by atoms with Crippen molar-refractivity contribution in [2.75, 3.05) is 5.75 Å². The summed E-state index contributed by atoms with van der Waals surface area (Å²) in [6.45, 7) is 7.06. The standard InChI is InChI=1S/C10H19NO2S/c1-5-10(4,8-11)6-7-14(12,13)9(2)3/h9H,5-7H2,1-4H3. The van der Waals surface area contributed by atoms with Gasteiger partial charge in [0, 0.05) is 0 Å². The molecule has 0 aromatic heterocycles. The minimum absolute atomic E-state index is 0.114. The van der Waals surface area contributed by atoms with Gasteiger partial charge in [0.05, 0.1) is 22.5 Å². The van der Waals surface area contributed by atoms with E-state index < -0.39 is 15.3 Å². The van der Waals surface area contributed by atoms with E-state index in [1.807, 2.05) is 13.8 Å². The van der Waals surface area contributed by atoms with Gasteiger partial charge in [0.15, 0.2) is 9.84 Å². The first-order valence-electron chi connectivity index (χ1n) is 4.90. The molecule has 0 spiro atoms. The maximum Gasteiger partial charge on any atom is 0.152 e. The van der Waals surface area contributed by atoms with Crippen LogP contribution in [0.4, 0.5) is 0 Å². The highest BCUT2D eigenvalue weighted by atomic mass is 32.2. The van der Waals surface area contributed by atoms with E-state index >= 15 is 0 Å². The van der Waals surface area contributed by atoms with Gasteiger partial charge in [0.25, 0.3) is 0 Å². The summed E-state index contributed by atoms with van der Waals surface area (Å²) in [6.07, 6.45) is 1.12. The molecule has 0 fully saturated rings. The summed E-state index contributed by atoms with van der Waals surface area (Å²) >= 11 is 0. The van der Waals surface area contributed by atoms with Gasteiger partial charge in [-0.3, -0.25) is 0 Å². The van der Waals surface area contributed by atoms with Crippen molar-refractivity contribution in [1.29, 1.82) is 5.26 Å². The summed E-state index contributed by atoms with van der Waals surface area (Å²) in [6, 6.07) is 2.18. The lowest BCUT2D eigenvalue weighted by Gasteiger charge is -2.19. The summed E-state index contributed by atoms with van der Waals surface area (Å²) < 4.78 is 23.0. The molecule has 1 unspecified atom stereocenters. The van der Waals surface area contributed by atoms with E-state index in [-0.39, 0.29) is 11.0 Å². The van der Waals surface area contributed by atoms with Gasteiger partial charge in [0.1, 0.15) is 0 Å². The molecule has 0 aliphatic carbocycles. The quantitative estimate of drug-likeness (QED) is 0.709. The van der Waals surface area contributed by atoms with Crippen LogP contribution < -0.4 is 0 Å². The summed E-state index contributed by atoms with van der Waals surface area (Å²) in [7, 11) is -3.00. The van der Waals surface area contributed by atoms with Crippen LogP contribution in [0, 0.1) is 16.7 Å². The van der Waals surface area contributed by atoms with Crippen LogP contribution in [0.5, 0.6) is 0 Å². The Kier molecular flexibility index (Phi) is 4.60. The molecule has 4 heteroatoms. The Morgan fingerprint density at radius 3 is 2.21 bits per heavy atom. The zero-order valence-corrected chi connectivity index (χ0v) is 10.2. The highest BCUT2D eigenvalue weighted by Gasteiger charge is 2.25. The fourth-order valence-corrected chi connectivity index (χ4v) is 2.12. The van der Waals surface area contributed by atoms with Gasteiger partial charge in [-0.2, -0.15) is 5.26 Å². The normalized spacial score (nSPS) is 16.3. The van der Waals surface area contributed by atoms with Gasteiger partial charge in [-0.15, -0.1) is 0 Å². The van der Waals surface area contributed by atoms with E-state index in [0.717, 1.165) is 0 Å². The Hall–Kier alpha value is -0.560. The lowest BCUT2D eigenvalue weighted by atomic mass is 9.87. The Bertz CT molecular complexity index is 314. The van der Waals surface area contributed by atoms with E-state index in [0.29, 0.717) is 12.8 Å². The third-order valence-corrected chi connectivity index (χ3v) is 4.92. The molecule has 0 bridgehead atoms. The zero-order chi connectivity index (χ0) is 11.4. The molecular formula is C10H19NO2S. The summed E-state index contributed by atoms with van der Waals surface area (Å²) in [4.78, 5) is 0. The number of sulfone groups is 1. The second-order valence-corrected chi connectivity index (χ2v) is 6.87. The molecule has 0 N–H and O–H groups in total. The van der Waals surface area contributed by atoms with Crippen molar-refractivity contribution >= 4 is 9.84 Å². The van der Waals surface area contributed by atoms with Gasteiger partial charge in [-0.25, -0.2) is 8.42 Å². The largest absolute Gasteiger partial charge is 0.229 e. The molecule has 0 rings (SSSR count). The molecule has 0 saturated carbocycles. The SMILES string of the molecule is CCC(C)(C#N)CCS(=O)(=O)C(C)C. The fourth-order valence-electron chi connectivity index (χ4n) is 0.915. The highest BCUT2D eigenvalue weighted by molar-refractivity contribution is 7.91. The van der Waals surface area contributed by atoms with Crippen LogP contribution in [0.1, 0.15) is 40.5 Å². The van der Waals surface area contributed by atoms with Crippen molar-refractivity contribution in [2.24, 2.45) is 5.41 Å². The average molecular weight is 217 g/mol. The molecule has 0 aliphatic rings. The van der Waals surface area contributed by atoms with Crippen LogP contribution in [-0.4, -0.2) is 19.4 Å². The van der Waals surface area contributed by atoms with E-state index in [9.17, 15) is 8.42 Å². The van der Waals surface area contributed by atoms with Gasteiger partial charge in [-0.1, -0.05) is 6.92 Å². The van der Waals surface area contributed by atoms with Gasteiger partial charge < -0.3 is 0 Å². The monoisotopic (exact) mass is 217 g/mol. The smallest absolute Gasteiger partial charge is 0.152 e. The van der Waals surface area contributed by atoms with Crippen LogP contribution in [0.2, 0.25) is 0 Å². The Balaban J connectivity index is 4.41. The maximum atomic E-state index is 11.5. The fraction of sp³-hybridized carbons (Fsp3) is 0.900. The molecule has 0 aromatic carbocycles. The molecule has 82 valence electrons. The number of hydrogen-bond acceptors (Lipinski definition) is 3. The Labute approximate surface area is 87.0 Å². The van der Waals surface area contributed by atoms with Gasteiger partial charge in [-0.05, 0) is 33.6 Å².